The second-order valence-corrected chi connectivity index (χ2v) is 3.25. The van der Waals surface area contributed by atoms with Crippen LogP contribution in [0.5, 0.6) is 5.75 Å². The van der Waals surface area contributed by atoms with Crippen LogP contribution in [0.25, 0.3) is 0 Å². The van der Waals surface area contributed by atoms with Crippen molar-refractivity contribution in [2.45, 2.75) is 6.92 Å². The minimum atomic E-state index is -0.451. The highest BCUT2D eigenvalue weighted by Gasteiger charge is 2.08. The molecule has 4 nitrogen and oxygen atoms in total. The lowest BCUT2D eigenvalue weighted by Gasteiger charge is -2.02. The van der Waals surface area contributed by atoms with E-state index in [0.29, 0.717) is 16.8 Å². The van der Waals surface area contributed by atoms with Crippen LogP contribution in [0.15, 0.2) is 22.7 Å². The molecule has 0 saturated carbocycles. The molecule has 1 aromatic carbocycles. The highest BCUT2D eigenvalue weighted by atomic mass is 79.9. The van der Waals surface area contributed by atoms with Crippen molar-refractivity contribution in [3.05, 3.63) is 32.8 Å². The molecule has 5 heteroatoms. The van der Waals surface area contributed by atoms with E-state index in [0.717, 1.165) is 0 Å². The summed E-state index contributed by atoms with van der Waals surface area (Å²) in [6, 6.07) is 4.52. The number of hydrogen-bond acceptors (Lipinski definition) is 3. The first kappa shape index (κ1) is 9.98. The Labute approximate surface area is 83.8 Å². The van der Waals surface area contributed by atoms with Gasteiger partial charge in [0, 0.05) is 10.5 Å². The summed E-state index contributed by atoms with van der Waals surface area (Å²) in [5, 5.41) is 10.4. The first-order valence-corrected chi connectivity index (χ1v) is 4.50. The van der Waals surface area contributed by atoms with Gasteiger partial charge in [-0.2, -0.15) is 0 Å². The summed E-state index contributed by atoms with van der Waals surface area (Å²) in [4.78, 5) is 9.99. The molecule has 70 valence electrons. The maximum absolute atomic E-state index is 10.4. The van der Waals surface area contributed by atoms with Crippen molar-refractivity contribution in [3.63, 3.8) is 0 Å². The second kappa shape index (κ2) is 4.23. The van der Waals surface area contributed by atoms with Crippen LogP contribution in [0.2, 0.25) is 0 Å². The first-order chi connectivity index (χ1) is 6.13. The molecule has 0 aliphatic carbocycles. The normalized spacial score (nSPS) is 9.69. The lowest BCUT2D eigenvalue weighted by Crippen LogP contribution is -1.93. The summed E-state index contributed by atoms with van der Waals surface area (Å²) >= 11 is 3.17. The molecule has 0 heterocycles. The molecule has 0 amide bonds. The summed E-state index contributed by atoms with van der Waals surface area (Å²) in [6.45, 7) is 2.32. The average Bonchev–Trinajstić information content (AvgIpc) is 2.03. The fraction of sp³-hybridized carbons (Fsp3) is 0.250. The van der Waals surface area contributed by atoms with Crippen molar-refractivity contribution in [1.29, 1.82) is 0 Å². The lowest BCUT2D eigenvalue weighted by molar-refractivity contribution is -0.385. The molecule has 13 heavy (non-hydrogen) atoms. The van der Waals surface area contributed by atoms with Crippen LogP contribution >= 0.6 is 15.9 Å². The van der Waals surface area contributed by atoms with E-state index in [2.05, 4.69) is 15.9 Å². The predicted octanol–water partition coefficient (Wildman–Crippen LogP) is 2.76. The van der Waals surface area contributed by atoms with Gasteiger partial charge in [0.25, 0.3) is 5.69 Å². The minimum Gasteiger partial charge on any atom is -0.494 e. The maximum atomic E-state index is 10.4. The van der Waals surface area contributed by atoms with E-state index in [4.69, 9.17) is 4.74 Å². The first-order valence-electron chi connectivity index (χ1n) is 3.71. The topological polar surface area (TPSA) is 52.4 Å². The van der Waals surface area contributed by atoms with Crippen molar-refractivity contribution < 1.29 is 9.66 Å². The number of hydrogen-bond donors (Lipinski definition) is 0. The number of nitro groups is 1. The van der Waals surface area contributed by atoms with Gasteiger partial charge in [0.05, 0.1) is 17.6 Å². The summed E-state index contributed by atoms with van der Waals surface area (Å²) in [7, 11) is 0. The fourth-order valence-corrected chi connectivity index (χ4v) is 1.36. The quantitative estimate of drug-likeness (QED) is 0.608. The van der Waals surface area contributed by atoms with Crippen LogP contribution < -0.4 is 4.74 Å². The Morgan fingerprint density at radius 3 is 2.77 bits per heavy atom. The molecule has 1 aromatic rings. The highest BCUT2D eigenvalue weighted by Crippen LogP contribution is 2.25. The Hall–Kier alpha value is -1.10. The van der Waals surface area contributed by atoms with Gasteiger partial charge in [-0.15, -0.1) is 0 Å². The van der Waals surface area contributed by atoms with E-state index in [-0.39, 0.29) is 5.69 Å². The molecule has 0 spiro atoms. The molecule has 0 fully saturated rings. The molecule has 0 N–H and O–H groups in total. The SMILES string of the molecule is CCOc1cc(Br)cc([N+](=O)[O-])c1. The van der Waals surface area contributed by atoms with E-state index in [1.54, 1.807) is 6.07 Å². The van der Waals surface area contributed by atoms with Gasteiger partial charge < -0.3 is 4.74 Å². The highest BCUT2D eigenvalue weighted by molar-refractivity contribution is 9.10. The zero-order chi connectivity index (χ0) is 9.84. The van der Waals surface area contributed by atoms with Crippen LogP contribution in [0.4, 0.5) is 5.69 Å². The van der Waals surface area contributed by atoms with Crippen molar-refractivity contribution in [2.75, 3.05) is 6.61 Å². The third-order valence-electron chi connectivity index (χ3n) is 1.38. The van der Waals surface area contributed by atoms with Gasteiger partial charge in [0.1, 0.15) is 5.75 Å². The average molecular weight is 246 g/mol. The minimum absolute atomic E-state index is 0.0258. The standard InChI is InChI=1S/C8H8BrNO3/c1-2-13-8-4-6(9)3-7(5-8)10(11)12/h3-5H,2H2,1H3. The van der Waals surface area contributed by atoms with E-state index in [1.165, 1.54) is 12.1 Å². The Bertz CT molecular complexity index is 327. The number of nitro benzene ring substituents is 1. The molecule has 0 saturated heterocycles. The van der Waals surface area contributed by atoms with Crippen LogP contribution in [-0.4, -0.2) is 11.5 Å². The van der Waals surface area contributed by atoms with Crippen molar-refractivity contribution >= 4 is 21.6 Å². The predicted molar refractivity (Wildman–Crippen MR) is 52.0 cm³/mol. The zero-order valence-electron chi connectivity index (χ0n) is 6.99. The van der Waals surface area contributed by atoms with E-state index in [9.17, 15) is 10.1 Å². The van der Waals surface area contributed by atoms with E-state index >= 15 is 0 Å². The third kappa shape index (κ3) is 2.69. The van der Waals surface area contributed by atoms with Crippen LogP contribution in [0, 0.1) is 10.1 Å². The molecular weight excluding hydrogens is 238 g/mol. The van der Waals surface area contributed by atoms with Gasteiger partial charge in [0.2, 0.25) is 0 Å². The second-order valence-electron chi connectivity index (χ2n) is 2.34. The molecule has 1 rings (SSSR count). The van der Waals surface area contributed by atoms with Crippen LogP contribution in [-0.2, 0) is 0 Å². The summed E-state index contributed by atoms with van der Waals surface area (Å²) in [5.41, 5.74) is 0.0258. The molecule has 0 atom stereocenters. The molecule has 0 aliphatic rings. The summed E-state index contributed by atoms with van der Waals surface area (Å²) in [6.07, 6.45) is 0. The monoisotopic (exact) mass is 245 g/mol. The molecular formula is C8H8BrNO3. The van der Waals surface area contributed by atoms with E-state index in [1.807, 2.05) is 6.92 Å². The fourth-order valence-electron chi connectivity index (χ4n) is 0.903. The van der Waals surface area contributed by atoms with E-state index < -0.39 is 4.92 Å². The van der Waals surface area contributed by atoms with Gasteiger partial charge in [-0.05, 0) is 13.0 Å². The number of rotatable bonds is 3. The number of halogens is 1. The van der Waals surface area contributed by atoms with Crippen molar-refractivity contribution in [1.82, 2.24) is 0 Å². The maximum Gasteiger partial charge on any atom is 0.274 e. The lowest BCUT2D eigenvalue weighted by atomic mass is 10.3. The van der Waals surface area contributed by atoms with Gasteiger partial charge in [0.15, 0.2) is 0 Å². The number of benzene rings is 1. The largest absolute Gasteiger partial charge is 0.494 e. The summed E-state index contributed by atoms with van der Waals surface area (Å²) < 4.78 is 5.79. The number of nitrogens with zero attached hydrogens (tertiary/aromatic N) is 1. The molecule has 0 bridgehead atoms. The molecule has 0 aliphatic heterocycles. The number of non-ortho nitro benzene ring substituents is 1. The van der Waals surface area contributed by atoms with Crippen LogP contribution in [0.3, 0.4) is 0 Å². The molecule has 0 unspecified atom stereocenters. The molecule has 0 radical (unpaired) electrons. The van der Waals surface area contributed by atoms with Gasteiger partial charge in [-0.1, -0.05) is 15.9 Å². The zero-order valence-corrected chi connectivity index (χ0v) is 8.58. The Morgan fingerprint density at radius 1 is 1.54 bits per heavy atom. The van der Waals surface area contributed by atoms with Crippen molar-refractivity contribution in [3.8, 4) is 5.75 Å². The Kier molecular flexibility index (Phi) is 3.25. The van der Waals surface area contributed by atoms with Crippen molar-refractivity contribution in [2.24, 2.45) is 0 Å². The van der Waals surface area contributed by atoms with Gasteiger partial charge >= 0.3 is 0 Å². The third-order valence-corrected chi connectivity index (χ3v) is 1.84. The Morgan fingerprint density at radius 2 is 2.23 bits per heavy atom. The van der Waals surface area contributed by atoms with Crippen LogP contribution in [0.1, 0.15) is 6.92 Å². The number of ether oxygens (including phenoxy) is 1. The summed E-state index contributed by atoms with van der Waals surface area (Å²) in [5.74, 6) is 0.503. The van der Waals surface area contributed by atoms with Gasteiger partial charge in [-0.3, -0.25) is 10.1 Å². The molecule has 0 aromatic heterocycles. The smallest absolute Gasteiger partial charge is 0.274 e. The van der Waals surface area contributed by atoms with Gasteiger partial charge in [-0.25, -0.2) is 0 Å². The Balaban J connectivity index is 3.03.